The van der Waals surface area contributed by atoms with Gasteiger partial charge in [-0.1, -0.05) is 24.3 Å². The molecule has 0 N–H and O–H groups in total. The van der Waals surface area contributed by atoms with E-state index in [1.54, 1.807) is 24.3 Å². The number of methoxy groups -OCH3 is 1. The quantitative estimate of drug-likeness (QED) is 0.630. The maximum atomic E-state index is 13.4. The molecule has 2 aliphatic rings. The van der Waals surface area contributed by atoms with E-state index in [9.17, 15) is 9.59 Å². The van der Waals surface area contributed by atoms with Crippen molar-refractivity contribution in [3.63, 3.8) is 0 Å². The molecule has 0 aliphatic carbocycles. The summed E-state index contributed by atoms with van der Waals surface area (Å²) in [6.07, 6.45) is 0. The fourth-order valence-electron chi connectivity index (χ4n) is 4.44. The molecule has 152 valence electrons. The molecule has 0 aromatic heterocycles. The first-order chi connectivity index (χ1) is 14.6. The van der Waals surface area contributed by atoms with Gasteiger partial charge >= 0.3 is 0 Å². The molecule has 3 aromatic carbocycles. The van der Waals surface area contributed by atoms with Crippen molar-refractivity contribution in [2.45, 2.75) is 0 Å². The van der Waals surface area contributed by atoms with Crippen LogP contribution in [0.2, 0.25) is 0 Å². The van der Waals surface area contributed by atoms with Crippen LogP contribution in [0.4, 0.5) is 11.4 Å². The molecule has 0 unspecified atom stereocenters. The average molecular weight is 401 g/mol. The van der Waals surface area contributed by atoms with Crippen LogP contribution in [0.5, 0.6) is 5.75 Å². The van der Waals surface area contributed by atoms with Gasteiger partial charge in [0.15, 0.2) is 0 Å². The van der Waals surface area contributed by atoms with Crippen LogP contribution >= 0.6 is 0 Å². The molecule has 0 spiro atoms. The van der Waals surface area contributed by atoms with Gasteiger partial charge in [-0.25, -0.2) is 4.90 Å². The summed E-state index contributed by atoms with van der Waals surface area (Å²) in [6.45, 7) is 3.82. The summed E-state index contributed by atoms with van der Waals surface area (Å²) in [5, 5.41) is 1.70. The number of amides is 2. The van der Waals surface area contributed by atoms with Gasteiger partial charge in [-0.2, -0.15) is 0 Å². The van der Waals surface area contributed by atoms with Crippen LogP contribution in [-0.2, 0) is 0 Å². The van der Waals surface area contributed by atoms with Gasteiger partial charge in [0.1, 0.15) is 5.75 Å². The molecular formula is C24H23N3O3. The Labute approximate surface area is 175 Å². The maximum absolute atomic E-state index is 13.4. The zero-order valence-corrected chi connectivity index (χ0v) is 17.1. The molecule has 30 heavy (non-hydrogen) atoms. The minimum absolute atomic E-state index is 0.321. The van der Waals surface area contributed by atoms with Gasteiger partial charge in [-0.05, 0) is 37.4 Å². The molecule has 0 saturated carbocycles. The zero-order valence-electron chi connectivity index (χ0n) is 17.1. The summed E-state index contributed by atoms with van der Waals surface area (Å²) < 4.78 is 5.41. The lowest BCUT2D eigenvalue weighted by atomic mass is 9.92. The molecule has 0 radical (unpaired) electrons. The van der Waals surface area contributed by atoms with Crippen molar-refractivity contribution in [3.05, 3.63) is 65.7 Å². The minimum atomic E-state index is -0.321. The number of benzene rings is 3. The third-order valence-corrected chi connectivity index (χ3v) is 6.05. The number of hydrogen-bond donors (Lipinski definition) is 0. The topological polar surface area (TPSA) is 53.1 Å². The Morgan fingerprint density at radius 1 is 0.767 bits per heavy atom. The Bertz CT molecular complexity index is 1140. The first-order valence-corrected chi connectivity index (χ1v) is 10.1. The summed E-state index contributed by atoms with van der Waals surface area (Å²) in [6, 6.07) is 16.7. The number of anilines is 2. The fourth-order valence-corrected chi connectivity index (χ4v) is 4.44. The zero-order chi connectivity index (χ0) is 20.8. The van der Waals surface area contributed by atoms with E-state index in [-0.39, 0.29) is 11.8 Å². The van der Waals surface area contributed by atoms with Gasteiger partial charge in [0.25, 0.3) is 11.8 Å². The van der Waals surface area contributed by atoms with Crippen LogP contribution in [0.25, 0.3) is 10.8 Å². The fraction of sp³-hybridized carbons (Fsp3) is 0.250. The summed E-state index contributed by atoms with van der Waals surface area (Å²) in [5.41, 5.74) is 2.63. The highest BCUT2D eigenvalue weighted by atomic mass is 16.5. The molecule has 2 heterocycles. The van der Waals surface area contributed by atoms with E-state index in [0.717, 1.165) is 42.6 Å². The largest absolute Gasteiger partial charge is 0.495 e. The Morgan fingerprint density at radius 3 is 2.20 bits per heavy atom. The minimum Gasteiger partial charge on any atom is -0.495 e. The molecule has 1 saturated heterocycles. The molecule has 0 atom stereocenters. The van der Waals surface area contributed by atoms with Crippen LogP contribution in [0, 0.1) is 0 Å². The van der Waals surface area contributed by atoms with Gasteiger partial charge in [0.05, 0.1) is 12.8 Å². The SMILES string of the molecule is COc1ccccc1N1C(=O)c2cccc3c(N4CCN(C)CC4)ccc(c23)C1=O. The van der Waals surface area contributed by atoms with Crippen LogP contribution in [0.15, 0.2) is 54.6 Å². The second-order valence-corrected chi connectivity index (χ2v) is 7.77. The summed E-state index contributed by atoms with van der Waals surface area (Å²) >= 11 is 0. The smallest absolute Gasteiger partial charge is 0.266 e. The number of para-hydroxylation sites is 2. The molecule has 1 fully saturated rings. The molecule has 6 nitrogen and oxygen atoms in total. The normalized spacial score (nSPS) is 17.0. The first-order valence-electron chi connectivity index (χ1n) is 10.1. The van der Waals surface area contributed by atoms with Crippen molar-refractivity contribution in [2.75, 3.05) is 50.1 Å². The Morgan fingerprint density at radius 2 is 1.47 bits per heavy atom. The average Bonchev–Trinajstić information content (AvgIpc) is 2.78. The number of hydrogen-bond acceptors (Lipinski definition) is 5. The van der Waals surface area contributed by atoms with Gasteiger partial charge < -0.3 is 14.5 Å². The number of nitrogens with zero attached hydrogens (tertiary/aromatic N) is 3. The second-order valence-electron chi connectivity index (χ2n) is 7.77. The van der Waals surface area contributed by atoms with E-state index >= 15 is 0 Å². The van der Waals surface area contributed by atoms with E-state index in [1.807, 2.05) is 30.3 Å². The summed E-state index contributed by atoms with van der Waals surface area (Å²) in [7, 11) is 3.66. The van der Waals surface area contributed by atoms with Gasteiger partial charge in [0, 0.05) is 53.8 Å². The second kappa shape index (κ2) is 7.15. The van der Waals surface area contributed by atoms with E-state index in [4.69, 9.17) is 4.74 Å². The van der Waals surface area contributed by atoms with E-state index in [1.165, 1.54) is 12.0 Å². The van der Waals surface area contributed by atoms with Crippen molar-refractivity contribution >= 4 is 34.0 Å². The van der Waals surface area contributed by atoms with Crippen molar-refractivity contribution < 1.29 is 14.3 Å². The van der Waals surface area contributed by atoms with Crippen LogP contribution in [-0.4, -0.2) is 57.1 Å². The lowest BCUT2D eigenvalue weighted by Crippen LogP contribution is -2.45. The number of ether oxygens (including phenoxy) is 1. The third kappa shape index (κ3) is 2.75. The number of carbonyl (C=O) groups excluding carboxylic acids is 2. The third-order valence-electron chi connectivity index (χ3n) is 6.05. The highest BCUT2D eigenvalue weighted by Crippen LogP contribution is 2.39. The molecule has 6 heteroatoms. The summed E-state index contributed by atoms with van der Waals surface area (Å²) in [5.74, 6) is -0.153. The van der Waals surface area contributed by atoms with Crippen LogP contribution in [0.1, 0.15) is 20.7 Å². The predicted octanol–water partition coefficient (Wildman–Crippen LogP) is 3.40. The number of rotatable bonds is 3. The van der Waals surface area contributed by atoms with Gasteiger partial charge in [-0.15, -0.1) is 0 Å². The Balaban J connectivity index is 1.66. The molecular weight excluding hydrogens is 378 g/mol. The Hall–Kier alpha value is -3.38. The summed E-state index contributed by atoms with van der Waals surface area (Å²) in [4.78, 5) is 32.8. The van der Waals surface area contributed by atoms with Crippen molar-refractivity contribution in [3.8, 4) is 5.75 Å². The molecule has 2 aliphatic heterocycles. The number of imide groups is 1. The highest BCUT2D eigenvalue weighted by Gasteiger charge is 2.36. The van der Waals surface area contributed by atoms with Gasteiger partial charge in [0.2, 0.25) is 0 Å². The molecule has 5 rings (SSSR count). The lowest BCUT2D eigenvalue weighted by Gasteiger charge is -2.35. The standard InChI is InChI=1S/C24H23N3O3/c1-25-12-14-26(15-13-25)19-11-10-18-22-16(19)6-5-7-17(22)23(28)27(24(18)29)20-8-3-4-9-21(20)30-2/h3-11H,12-15H2,1-2H3. The van der Waals surface area contributed by atoms with E-state index < -0.39 is 0 Å². The lowest BCUT2D eigenvalue weighted by molar-refractivity contribution is 0.0892. The number of likely N-dealkylation sites (N-methyl/N-ethyl adjacent to an activating group) is 1. The molecule has 0 bridgehead atoms. The van der Waals surface area contributed by atoms with Crippen LogP contribution in [0.3, 0.4) is 0 Å². The van der Waals surface area contributed by atoms with Crippen molar-refractivity contribution in [1.29, 1.82) is 0 Å². The number of piperazine rings is 1. The molecule has 3 aromatic rings. The highest BCUT2D eigenvalue weighted by molar-refractivity contribution is 6.36. The monoisotopic (exact) mass is 401 g/mol. The van der Waals surface area contributed by atoms with E-state index in [0.29, 0.717) is 22.6 Å². The number of carbonyl (C=O) groups is 2. The van der Waals surface area contributed by atoms with Crippen molar-refractivity contribution in [2.24, 2.45) is 0 Å². The maximum Gasteiger partial charge on any atom is 0.266 e. The van der Waals surface area contributed by atoms with E-state index in [2.05, 4.69) is 16.8 Å². The Kier molecular flexibility index (Phi) is 4.44. The molecule has 2 amide bonds. The van der Waals surface area contributed by atoms with Crippen LogP contribution < -0.4 is 14.5 Å². The van der Waals surface area contributed by atoms with Gasteiger partial charge in [-0.3, -0.25) is 9.59 Å². The van der Waals surface area contributed by atoms with Crippen molar-refractivity contribution in [1.82, 2.24) is 4.90 Å². The predicted molar refractivity (Wildman–Crippen MR) is 118 cm³/mol. The first kappa shape index (κ1) is 18.6.